The van der Waals surface area contributed by atoms with Crippen LogP contribution in [0.2, 0.25) is 0 Å². The first-order chi connectivity index (χ1) is 12.2. The zero-order chi connectivity index (χ0) is 17.2. The molecule has 3 aromatic rings. The van der Waals surface area contributed by atoms with Crippen LogP contribution in [-0.4, -0.2) is 23.7 Å². The molecule has 0 unspecified atom stereocenters. The Morgan fingerprint density at radius 2 is 1.84 bits per heavy atom. The highest BCUT2D eigenvalue weighted by atomic mass is 16.6. The van der Waals surface area contributed by atoms with Gasteiger partial charge in [0.25, 0.3) is 5.56 Å². The van der Waals surface area contributed by atoms with Gasteiger partial charge in [0.15, 0.2) is 11.5 Å². The van der Waals surface area contributed by atoms with E-state index in [0.717, 1.165) is 5.39 Å². The fourth-order valence-electron chi connectivity index (χ4n) is 2.83. The number of anilines is 1. The molecule has 2 aromatic carbocycles. The highest BCUT2D eigenvalue weighted by molar-refractivity contribution is 5.91. The van der Waals surface area contributed by atoms with Crippen LogP contribution in [0.3, 0.4) is 0 Å². The number of rotatable bonds is 3. The summed E-state index contributed by atoms with van der Waals surface area (Å²) in [6, 6.07) is 14.4. The molecule has 1 aromatic heterocycles. The molecule has 4 rings (SSSR count). The number of hydrogen-bond acceptors (Lipinski definition) is 4. The first-order valence-corrected chi connectivity index (χ1v) is 7.98. The first-order valence-electron chi connectivity index (χ1n) is 7.98. The summed E-state index contributed by atoms with van der Waals surface area (Å²) in [5, 5.41) is 4.23. The van der Waals surface area contributed by atoms with E-state index in [1.807, 2.05) is 24.3 Å². The number of ether oxygens (including phenoxy) is 2. The standard InChI is InChI=1S/C19H16N2O4/c22-18(20-14-5-6-16-17(11-14)25-10-9-24-16)12-21-8-7-13-3-1-2-4-15(13)19(21)23/h1-8,11H,9-10,12H2,(H,20,22). The van der Waals surface area contributed by atoms with Crippen molar-refractivity contribution in [1.82, 2.24) is 4.57 Å². The molecule has 25 heavy (non-hydrogen) atoms. The van der Waals surface area contributed by atoms with E-state index in [2.05, 4.69) is 5.32 Å². The minimum absolute atomic E-state index is 0.0574. The third-order valence-electron chi connectivity index (χ3n) is 4.03. The average Bonchev–Trinajstić information content (AvgIpc) is 2.64. The number of carbonyl (C=O) groups excluding carboxylic acids is 1. The van der Waals surface area contributed by atoms with Crippen molar-refractivity contribution in [1.29, 1.82) is 0 Å². The SMILES string of the molecule is O=C(Cn1ccc2ccccc2c1=O)Nc1ccc2c(c1)OCCO2. The smallest absolute Gasteiger partial charge is 0.258 e. The maximum Gasteiger partial charge on any atom is 0.258 e. The lowest BCUT2D eigenvalue weighted by molar-refractivity contribution is -0.116. The van der Waals surface area contributed by atoms with Crippen LogP contribution in [0, 0.1) is 0 Å². The minimum atomic E-state index is -0.283. The second kappa shape index (κ2) is 6.32. The summed E-state index contributed by atoms with van der Waals surface area (Å²) >= 11 is 0. The van der Waals surface area contributed by atoms with Crippen molar-refractivity contribution in [2.24, 2.45) is 0 Å². The van der Waals surface area contributed by atoms with Gasteiger partial charge in [-0.2, -0.15) is 0 Å². The van der Waals surface area contributed by atoms with Gasteiger partial charge in [-0.15, -0.1) is 0 Å². The number of aromatic nitrogens is 1. The number of carbonyl (C=O) groups is 1. The van der Waals surface area contributed by atoms with Crippen LogP contribution in [0.25, 0.3) is 10.8 Å². The van der Waals surface area contributed by atoms with Gasteiger partial charge in [-0.25, -0.2) is 0 Å². The Balaban J connectivity index is 1.53. The van der Waals surface area contributed by atoms with Gasteiger partial charge >= 0.3 is 0 Å². The molecule has 6 heteroatoms. The summed E-state index contributed by atoms with van der Waals surface area (Å²) in [6.07, 6.45) is 1.63. The molecule has 1 aliphatic rings. The van der Waals surface area contributed by atoms with E-state index in [1.54, 1.807) is 30.5 Å². The van der Waals surface area contributed by atoms with E-state index < -0.39 is 0 Å². The number of nitrogens with zero attached hydrogens (tertiary/aromatic N) is 1. The number of amides is 1. The number of nitrogens with one attached hydrogen (secondary N) is 1. The highest BCUT2D eigenvalue weighted by Gasteiger charge is 2.13. The molecule has 0 saturated carbocycles. The fraction of sp³-hybridized carbons (Fsp3) is 0.158. The predicted molar refractivity (Wildman–Crippen MR) is 94.3 cm³/mol. The molecule has 1 aliphatic heterocycles. The van der Waals surface area contributed by atoms with Gasteiger partial charge in [0, 0.05) is 23.3 Å². The van der Waals surface area contributed by atoms with Crippen molar-refractivity contribution in [2.75, 3.05) is 18.5 Å². The van der Waals surface area contributed by atoms with E-state index >= 15 is 0 Å². The van der Waals surface area contributed by atoms with E-state index in [4.69, 9.17) is 9.47 Å². The summed E-state index contributed by atoms with van der Waals surface area (Å²) in [5.41, 5.74) is 0.415. The van der Waals surface area contributed by atoms with Crippen LogP contribution >= 0.6 is 0 Å². The first kappa shape index (κ1) is 15.3. The third kappa shape index (κ3) is 3.06. The zero-order valence-corrected chi connectivity index (χ0v) is 13.4. The summed E-state index contributed by atoms with van der Waals surface area (Å²) in [5.74, 6) is 0.982. The summed E-state index contributed by atoms with van der Waals surface area (Å²) < 4.78 is 12.4. The minimum Gasteiger partial charge on any atom is -0.486 e. The van der Waals surface area contributed by atoms with Gasteiger partial charge in [-0.3, -0.25) is 9.59 Å². The second-order valence-corrected chi connectivity index (χ2v) is 5.74. The lowest BCUT2D eigenvalue weighted by Gasteiger charge is -2.19. The van der Waals surface area contributed by atoms with Crippen LogP contribution in [-0.2, 0) is 11.3 Å². The molecular formula is C19H16N2O4. The molecule has 0 fully saturated rings. The van der Waals surface area contributed by atoms with E-state index in [-0.39, 0.29) is 18.0 Å². The molecule has 2 heterocycles. The van der Waals surface area contributed by atoms with Crippen LogP contribution in [0.15, 0.2) is 59.5 Å². The van der Waals surface area contributed by atoms with Gasteiger partial charge < -0.3 is 19.4 Å². The molecule has 0 spiro atoms. The Labute approximate surface area is 143 Å². The quantitative estimate of drug-likeness (QED) is 0.797. The van der Waals surface area contributed by atoms with Crippen LogP contribution < -0.4 is 20.3 Å². The second-order valence-electron chi connectivity index (χ2n) is 5.74. The van der Waals surface area contributed by atoms with Gasteiger partial charge in [0.2, 0.25) is 5.91 Å². The van der Waals surface area contributed by atoms with Crippen molar-refractivity contribution in [2.45, 2.75) is 6.54 Å². The maximum absolute atomic E-state index is 12.5. The zero-order valence-electron chi connectivity index (χ0n) is 13.4. The number of benzene rings is 2. The van der Waals surface area contributed by atoms with Crippen molar-refractivity contribution in [3.63, 3.8) is 0 Å². The lowest BCUT2D eigenvalue weighted by Crippen LogP contribution is -2.27. The maximum atomic E-state index is 12.5. The Bertz CT molecular complexity index is 1010. The molecule has 1 N–H and O–H groups in total. The summed E-state index contributed by atoms with van der Waals surface area (Å²) in [7, 11) is 0. The molecule has 126 valence electrons. The Kier molecular flexibility index (Phi) is 3.85. The van der Waals surface area contributed by atoms with E-state index in [1.165, 1.54) is 4.57 Å². The molecule has 1 amide bonds. The molecule has 0 saturated heterocycles. The third-order valence-corrected chi connectivity index (χ3v) is 4.03. The number of fused-ring (bicyclic) bond motifs is 2. The van der Waals surface area contributed by atoms with Crippen molar-refractivity contribution in [3.8, 4) is 11.5 Å². The fourth-order valence-corrected chi connectivity index (χ4v) is 2.83. The number of pyridine rings is 1. The van der Waals surface area contributed by atoms with Crippen molar-refractivity contribution in [3.05, 3.63) is 65.1 Å². The molecule has 0 aliphatic carbocycles. The van der Waals surface area contributed by atoms with Crippen LogP contribution in [0.4, 0.5) is 5.69 Å². The van der Waals surface area contributed by atoms with Crippen molar-refractivity contribution < 1.29 is 14.3 Å². The van der Waals surface area contributed by atoms with Crippen LogP contribution in [0.1, 0.15) is 0 Å². The largest absolute Gasteiger partial charge is 0.486 e. The Morgan fingerprint density at radius 3 is 2.72 bits per heavy atom. The summed E-state index contributed by atoms with van der Waals surface area (Å²) in [4.78, 5) is 24.7. The Morgan fingerprint density at radius 1 is 1.04 bits per heavy atom. The monoisotopic (exact) mass is 336 g/mol. The van der Waals surface area contributed by atoms with Gasteiger partial charge in [-0.1, -0.05) is 18.2 Å². The normalized spacial score (nSPS) is 12.8. The summed E-state index contributed by atoms with van der Waals surface area (Å²) in [6.45, 7) is 0.943. The van der Waals surface area contributed by atoms with Crippen molar-refractivity contribution >= 4 is 22.4 Å². The Hall–Kier alpha value is -3.28. The molecule has 0 atom stereocenters. The van der Waals surface area contributed by atoms with Gasteiger partial charge in [0.1, 0.15) is 19.8 Å². The highest BCUT2D eigenvalue weighted by Crippen LogP contribution is 2.32. The van der Waals surface area contributed by atoms with Crippen LogP contribution in [0.5, 0.6) is 11.5 Å². The molecule has 0 bridgehead atoms. The molecule has 6 nitrogen and oxygen atoms in total. The lowest BCUT2D eigenvalue weighted by atomic mass is 10.2. The van der Waals surface area contributed by atoms with Gasteiger partial charge in [0.05, 0.1) is 0 Å². The van der Waals surface area contributed by atoms with Gasteiger partial charge in [-0.05, 0) is 29.7 Å². The van der Waals surface area contributed by atoms with E-state index in [0.29, 0.717) is 35.8 Å². The topological polar surface area (TPSA) is 69.6 Å². The molecular weight excluding hydrogens is 320 g/mol. The number of hydrogen-bond donors (Lipinski definition) is 1. The van der Waals surface area contributed by atoms with E-state index in [9.17, 15) is 9.59 Å². The predicted octanol–water partition coefficient (Wildman–Crippen LogP) is 2.41. The average molecular weight is 336 g/mol. The molecule has 0 radical (unpaired) electrons.